The van der Waals surface area contributed by atoms with Crippen molar-refractivity contribution in [2.75, 3.05) is 26.7 Å². The first kappa shape index (κ1) is 21.3. The molecule has 0 radical (unpaired) electrons. The van der Waals surface area contributed by atoms with Crippen LogP contribution in [-0.2, 0) is 13.1 Å². The first-order chi connectivity index (χ1) is 14.8. The lowest BCUT2D eigenvalue weighted by Crippen LogP contribution is -2.46. The molecule has 0 spiro atoms. The van der Waals surface area contributed by atoms with E-state index in [-0.39, 0.29) is 0 Å². The van der Waals surface area contributed by atoms with E-state index in [0.29, 0.717) is 0 Å². The summed E-state index contributed by atoms with van der Waals surface area (Å²) in [6, 6.07) is 13.6. The van der Waals surface area contributed by atoms with Gasteiger partial charge in [0.25, 0.3) is 0 Å². The van der Waals surface area contributed by atoms with Crippen LogP contribution in [0.2, 0.25) is 0 Å². The third-order valence-corrected chi connectivity index (χ3v) is 6.85. The number of likely N-dealkylation sites (tertiary alicyclic amines) is 1. The number of aromatic nitrogens is 1. The maximum absolute atomic E-state index is 5.33. The predicted molar refractivity (Wildman–Crippen MR) is 123 cm³/mol. The third-order valence-electron chi connectivity index (χ3n) is 6.85. The highest BCUT2D eigenvalue weighted by Gasteiger charge is 2.28. The predicted octanol–water partition coefficient (Wildman–Crippen LogP) is 5.14. The number of pyridine rings is 1. The van der Waals surface area contributed by atoms with Crippen molar-refractivity contribution < 1.29 is 4.74 Å². The van der Waals surface area contributed by atoms with E-state index in [1.54, 1.807) is 7.11 Å². The van der Waals surface area contributed by atoms with Crippen LogP contribution in [-0.4, -0.2) is 47.6 Å². The second kappa shape index (κ2) is 10.9. The van der Waals surface area contributed by atoms with Gasteiger partial charge < -0.3 is 9.64 Å². The molecule has 0 unspecified atom stereocenters. The van der Waals surface area contributed by atoms with Crippen molar-refractivity contribution in [2.24, 2.45) is 5.92 Å². The average molecular weight is 408 g/mol. The van der Waals surface area contributed by atoms with Gasteiger partial charge in [-0.2, -0.15) is 0 Å². The molecular formula is C26H37N3O. The smallest absolute Gasteiger partial charge is 0.118 e. The molecule has 1 aliphatic heterocycles. The van der Waals surface area contributed by atoms with Gasteiger partial charge in [-0.25, -0.2) is 0 Å². The summed E-state index contributed by atoms with van der Waals surface area (Å²) in [5.41, 5.74) is 2.64. The SMILES string of the molecule is COc1ccc(CN(Cc2cccnc2)C[C@@H]2CCCN(C3CCCCC3)C2)cc1. The van der Waals surface area contributed by atoms with Gasteiger partial charge in [0.2, 0.25) is 0 Å². The molecule has 0 bridgehead atoms. The minimum Gasteiger partial charge on any atom is -0.497 e. The number of methoxy groups -OCH3 is 1. The topological polar surface area (TPSA) is 28.6 Å². The number of ether oxygens (including phenoxy) is 1. The fraction of sp³-hybridized carbons (Fsp3) is 0.577. The zero-order valence-corrected chi connectivity index (χ0v) is 18.5. The van der Waals surface area contributed by atoms with Crippen molar-refractivity contribution in [1.29, 1.82) is 0 Å². The molecule has 4 nitrogen and oxygen atoms in total. The van der Waals surface area contributed by atoms with Gasteiger partial charge in [0.15, 0.2) is 0 Å². The lowest BCUT2D eigenvalue weighted by molar-refractivity contribution is 0.0771. The third kappa shape index (κ3) is 6.05. The summed E-state index contributed by atoms with van der Waals surface area (Å²) in [6.45, 7) is 5.67. The standard InChI is InChI=1S/C26H37N3O/c1-30-26-13-11-22(12-14-26)18-28(19-23-7-5-15-27-17-23)20-24-8-6-16-29(21-24)25-9-3-2-4-10-25/h5,7,11-15,17,24-25H,2-4,6,8-10,16,18-21H2,1H3/t24-/m0/s1. The summed E-state index contributed by atoms with van der Waals surface area (Å²) in [4.78, 5) is 9.78. The van der Waals surface area contributed by atoms with Crippen molar-refractivity contribution in [3.05, 3.63) is 59.9 Å². The molecule has 30 heavy (non-hydrogen) atoms. The number of nitrogens with zero attached hydrogens (tertiary/aromatic N) is 3. The molecule has 1 saturated carbocycles. The molecule has 1 aromatic heterocycles. The lowest BCUT2D eigenvalue weighted by Gasteiger charge is -2.41. The Kier molecular flexibility index (Phi) is 7.76. The largest absolute Gasteiger partial charge is 0.497 e. The molecule has 2 aliphatic rings. The van der Waals surface area contributed by atoms with Crippen molar-refractivity contribution >= 4 is 0 Å². The Morgan fingerprint density at radius 2 is 1.77 bits per heavy atom. The summed E-state index contributed by atoms with van der Waals surface area (Å²) in [6.07, 6.45) is 13.7. The summed E-state index contributed by atoms with van der Waals surface area (Å²) in [5, 5.41) is 0. The highest BCUT2D eigenvalue weighted by molar-refractivity contribution is 5.27. The van der Waals surface area contributed by atoms with E-state index in [9.17, 15) is 0 Å². The average Bonchev–Trinajstić information content (AvgIpc) is 2.81. The zero-order chi connectivity index (χ0) is 20.6. The van der Waals surface area contributed by atoms with Crippen LogP contribution >= 0.6 is 0 Å². The Morgan fingerprint density at radius 1 is 0.967 bits per heavy atom. The Morgan fingerprint density at radius 3 is 2.50 bits per heavy atom. The monoisotopic (exact) mass is 407 g/mol. The number of rotatable bonds is 8. The summed E-state index contributed by atoms with van der Waals surface area (Å²) in [5.74, 6) is 1.68. The molecule has 2 fully saturated rings. The van der Waals surface area contributed by atoms with Crippen molar-refractivity contribution in [3.8, 4) is 5.75 Å². The van der Waals surface area contributed by atoms with Crippen LogP contribution in [0, 0.1) is 5.92 Å². The van der Waals surface area contributed by atoms with Crippen molar-refractivity contribution in [3.63, 3.8) is 0 Å². The lowest BCUT2D eigenvalue weighted by atomic mass is 9.90. The number of hydrogen-bond donors (Lipinski definition) is 0. The minimum atomic E-state index is 0.760. The summed E-state index contributed by atoms with van der Waals surface area (Å²) in [7, 11) is 1.73. The number of hydrogen-bond acceptors (Lipinski definition) is 4. The highest BCUT2D eigenvalue weighted by atomic mass is 16.5. The van der Waals surface area contributed by atoms with Crippen LogP contribution in [0.25, 0.3) is 0 Å². The van der Waals surface area contributed by atoms with Gasteiger partial charge in [-0.05, 0) is 67.5 Å². The zero-order valence-electron chi connectivity index (χ0n) is 18.5. The van der Waals surface area contributed by atoms with E-state index >= 15 is 0 Å². The molecule has 1 saturated heterocycles. The maximum atomic E-state index is 5.33. The second-order valence-corrected chi connectivity index (χ2v) is 9.17. The Bertz CT molecular complexity index is 743. The van der Waals surface area contributed by atoms with Crippen LogP contribution < -0.4 is 4.74 Å². The Balaban J connectivity index is 1.41. The van der Waals surface area contributed by atoms with E-state index in [4.69, 9.17) is 4.74 Å². The molecule has 2 heterocycles. The van der Waals surface area contributed by atoms with Crippen LogP contribution in [0.3, 0.4) is 0 Å². The first-order valence-corrected chi connectivity index (χ1v) is 11.8. The second-order valence-electron chi connectivity index (χ2n) is 9.17. The molecule has 4 rings (SSSR count). The quantitative estimate of drug-likeness (QED) is 0.606. The van der Waals surface area contributed by atoms with E-state index in [0.717, 1.165) is 37.3 Å². The van der Waals surface area contributed by atoms with Crippen LogP contribution in [0.4, 0.5) is 0 Å². The minimum absolute atomic E-state index is 0.760. The molecular weight excluding hydrogens is 370 g/mol. The van der Waals surface area contributed by atoms with Gasteiger partial charge in [-0.3, -0.25) is 9.88 Å². The molecule has 2 aromatic rings. The molecule has 1 aliphatic carbocycles. The van der Waals surface area contributed by atoms with Gasteiger partial charge >= 0.3 is 0 Å². The van der Waals surface area contributed by atoms with E-state index in [1.807, 2.05) is 18.5 Å². The Labute approximate surface area is 182 Å². The van der Waals surface area contributed by atoms with E-state index in [1.165, 1.54) is 69.2 Å². The maximum Gasteiger partial charge on any atom is 0.118 e. The molecule has 0 amide bonds. The van der Waals surface area contributed by atoms with Gasteiger partial charge in [-0.1, -0.05) is 37.5 Å². The number of piperidine rings is 1. The van der Waals surface area contributed by atoms with Crippen molar-refractivity contribution in [2.45, 2.75) is 64.1 Å². The van der Waals surface area contributed by atoms with Crippen LogP contribution in [0.1, 0.15) is 56.1 Å². The van der Waals surface area contributed by atoms with E-state index < -0.39 is 0 Å². The van der Waals surface area contributed by atoms with Crippen molar-refractivity contribution in [1.82, 2.24) is 14.8 Å². The van der Waals surface area contributed by atoms with Gasteiger partial charge in [-0.15, -0.1) is 0 Å². The fourth-order valence-electron chi connectivity index (χ4n) is 5.31. The molecule has 0 N–H and O–H groups in total. The van der Waals surface area contributed by atoms with Gasteiger partial charge in [0, 0.05) is 44.6 Å². The molecule has 4 heteroatoms. The molecule has 162 valence electrons. The number of benzene rings is 1. The normalized spacial score (nSPS) is 21.1. The highest BCUT2D eigenvalue weighted by Crippen LogP contribution is 2.28. The molecule has 1 atom stereocenters. The van der Waals surface area contributed by atoms with Gasteiger partial charge in [0.1, 0.15) is 5.75 Å². The van der Waals surface area contributed by atoms with Crippen LogP contribution in [0.5, 0.6) is 5.75 Å². The fourth-order valence-corrected chi connectivity index (χ4v) is 5.31. The van der Waals surface area contributed by atoms with Gasteiger partial charge in [0.05, 0.1) is 7.11 Å². The Hall–Kier alpha value is -1.91. The molecule has 1 aromatic carbocycles. The summed E-state index contributed by atoms with van der Waals surface area (Å²) >= 11 is 0. The van der Waals surface area contributed by atoms with E-state index in [2.05, 4.69) is 45.1 Å². The summed E-state index contributed by atoms with van der Waals surface area (Å²) < 4.78 is 5.33. The van der Waals surface area contributed by atoms with Crippen LogP contribution in [0.15, 0.2) is 48.8 Å². The first-order valence-electron chi connectivity index (χ1n) is 11.8.